The van der Waals surface area contributed by atoms with E-state index in [9.17, 15) is 29.0 Å². The molecule has 1 fully saturated rings. The van der Waals surface area contributed by atoms with Gasteiger partial charge < -0.3 is 25.0 Å². The van der Waals surface area contributed by atoms with Crippen LogP contribution >= 0.6 is 11.3 Å². The zero-order valence-electron chi connectivity index (χ0n) is 20.6. The van der Waals surface area contributed by atoms with Crippen molar-refractivity contribution >= 4 is 43.9 Å². The molecule has 0 radical (unpaired) electrons. The molecule has 37 heavy (non-hydrogen) atoms. The minimum atomic E-state index is -4.24. The van der Waals surface area contributed by atoms with Gasteiger partial charge in [-0.05, 0) is 52.7 Å². The summed E-state index contributed by atoms with van der Waals surface area (Å²) >= 11 is 1.35. The Labute approximate surface area is 219 Å². The lowest BCUT2D eigenvalue weighted by Crippen LogP contribution is -2.56. The molecule has 196 valence electrons. The van der Waals surface area contributed by atoms with Gasteiger partial charge in [0.25, 0.3) is 10.0 Å². The van der Waals surface area contributed by atoms with Gasteiger partial charge in [-0.3, -0.25) is 0 Å². The number of sulfonamides is 1. The zero-order chi connectivity index (χ0) is 26.9. The third kappa shape index (κ3) is 5.86. The van der Waals surface area contributed by atoms with Crippen LogP contribution in [0.25, 0.3) is 27.3 Å². The summed E-state index contributed by atoms with van der Waals surface area (Å²) in [7, 11) is -0.259. The molecular formula is C26H29N3O6S2. The summed E-state index contributed by atoms with van der Waals surface area (Å²) < 4.78 is 33.0. The smallest absolute Gasteiger partial charge is 0.250 e. The lowest BCUT2D eigenvalue weighted by Gasteiger charge is -2.39. The van der Waals surface area contributed by atoms with E-state index in [2.05, 4.69) is 22.9 Å². The van der Waals surface area contributed by atoms with Crippen molar-refractivity contribution in [2.24, 2.45) is 5.92 Å². The standard InChI is InChI=1S/C26H29N3O6S2/c1-15-24(30)25(31)22(35-26(15)32)14-28-37(33,34)21(13-27)12-20-8-9-23(36-20)18-5-4-17-11-19(29(2)3)7-6-16(17)10-18/h4-12,15,22,24-26,28,30-32H,14H2,1-3H3/b21-12+/t15-,22-,24-,25-,26?/m1/s1. The van der Waals surface area contributed by atoms with Gasteiger partial charge in [-0.1, -0.05) is 25.1 Å². The number of aliphatic hydroxyl groups is 3. The molecule has 1 aliphatic heterocycles. The summed E-state index contributed by atoms with van der Waals surface area (Å²) in [5.74, 6) is -0.733. The van der Waals surface area contributed by atoms with Crippen molar-refractivity contribution in [2.75, 3.05) is 25.5 Å². The number of hydrogen-bond acceptors (Lipinski definition) is 9. The van der Waals surface area contributed by atoms with Crippen molar-refractivity contribution < 1.29 is 28.5 Å². The molecule has 1 saturated heterocycles. The Morgan fingerprint density at radius 3 is 2.51 bits per heavy atom. The van der Waals surface area contributed by atoms with E-state index in [1.165, 1.54) is 24.3 Å². The van der Waals surface area contributed by atoms with Crippen LogP contribution in [-0.4, -0.2) is 69.0 Å². The van der Waals surface area contributed by atoms with Crippen LogP contribution in [0, 0.1) is 17.2 Å². The lowest BCUT2D eigenvalue weighted by molar-refractivity contribution is -0.257. The monoisotopic (exact) mass is 543 g/mol. The van der Waals surface area contributed by atoms with E-state index in [0.717, 1.165) is 26.9 Å². The number of nitrogens with zero attached hydrogens (tertiary/aromatic N) is 2. The molecule has 3 aromatic rings. The van der Waals surface area contributed by atoms with E-state index >= 15 is 0 Å². The Morgan fingerprint density at radius 2 is 1.81 bits per heavy atom. The molecule has 0 bridgehead atoms. The highest BCUT2D eigenvalue weighted by molar-refractivity contribution is 7.93. The highest BCUT2D eigenvalue weighted by atomic mass is 32.2. The van der Waals surface area contributed by atoms with Crippen LogP contribution in [0.3, 0.4) is 0 Å². The number of fused-ring (bicyclic) bond motifs is 1. The third-order valence-electron chi connectivity index (χ3n) is 6.43. The van der Waals surface area contributed by atoms with Gasteiger partial charge in [0.15, 0.2) is 11.2 Å². The summed E-state index contributed by atoms with van der Waals surface area (Å²) in [5, 5.41) is 41.8. The fraction of sp³-hybridized carbons (Fsp3) is 0.346. The molecule has 0 saturated carbocycles. The first-order valence-electron chi connectivity index (χ1n) is 11.6. The molecule has 0 aliphatic carbocycles. The number of thiophene rings is 1. The average molecular weight is 544 g/mol. The van der Waals surface area contributed by atoms with Crippen LogP contribution in [-0.2, 0) is 14.8 Å². The summed E-state index contributed by atoms with van der Waals surface area (Å²) in [6, 6.07) is 17.7. The maximum atomic E-state index is 12.8. The lowest BCUT2D eigenvalue weighted by atomic mass is 9.92. The van der Waals surface area contributed by atoms with Crippen LogP contribution in [0.15, 0.2) is 53.4 Å². The van der Waals surface area contributed by atoms with Crippen LogP contribution in [0.2, 0.25) is 0 Å². The van der Waals surface area contributed by atoms with E-state index in [-0.39, 0.29) is 0 Å². The molecule has 0 amide bonds. The SMILES string of the molecule is C[C@H]1C(O)O[C@H](CNS(=O)(=O)/C(C#N)=C/c2ccc(-c3ccc4cc(N(C)C)ccc4c3)s2)[C@@H](O)[C@@H]1O. The molecule has 2 aromatic carbocycles. The quantitative estimate of drug-likeness (QED) is 0.333. The highest BCUT2D eigenvalue weighted by Gasteiger charge is 2.41. The first-order valence-corrected chi connectivity index (χ1v) is 13.9. The second-order valence-electron chi connectivity index (χ2n) is 9.22. The third-order valence-corrected chi connectivity index (χ3v) is 8.85. The van der Waals surface area contributed by atoms with Crippen molar-refractivity contribution in [1.82, 2.24) is 4.72 Å². The van der Waals surface area contributed by atoms with Gasteiger partial charge in [0.2, 0.25) is 0 Å². The van der Waals surface area contributed by atoms with Crippen molar-refractivity contribution in [3.63, 3.8) is 0 Å². The number of anilines is 1. The van der Waals surface area contributed by atoms with Crippen molar-refractivity contribution in [3.8, 4) is 16.5 Å². The maximum absolute atomic E-state index is 12.8. The van der Waals surface area contributed by atoms with Crippen LogP contribution < -0.4 is 9.62 Å². The molecule has 1 aliphatic rings. The fourth-order valence-corrected chi connectivity index (χ4v) is 6.03. The molecule has 9 nitrogen and oxygen atoms in total. The first kappa shape index (κ1) is 27.2. The molecule has 4 rings (SSSR count). The number of aliphatic hydroxyl groups excluding tert-OH is 3. The summed E-state index contributed by atoms with van der Waals surface area (Å²) in [6.07, 6.45) is -3.92. The van der Waals surface area contributed by atoms with Crippen LogP contribution in [0.1, 0.15) is 11.8 Å². The normalized spacial score (nSPS) is 24.7. The Hall–Kier alpha value is -2.82. The van der Waals surface area contributed by atoms with E-state index < -0.39 is 52.0 Å². The zero-order valence-corrected chi connectivity index (χ0v) is 22.2. The summed E-state index contributed by atoms with van der Waals surface area (Å²) in [4.78, 5) is 3.03. The minimum Gasteiger partial charge on any atom is -0.390 e. The van der Waals surface area contributed by atoms with E-state index in [4.69, 9.17) is 4.74 Å². The second kappa shape index (κ2) is 10.9. The van der Waals surface area contributed by atoms with Crippen LogP contribution in [0.5, 0.6) is 0 Å². The van der Waals surface area contributed by atoms with Gasteiger partial charge in [-0.2, -0.15) is 5.26 Å². The van der Waals surface area contributed by atoms with Gasteiger partial charge in [0.05, 0.1) is 6.10 Å². The number of ether oxygens (including phenoxy) is 1. The van der Waals surface area contributed by atoms with E-state index in [1.54, 1.807) is 12.1 Å². The van der Waals surface area contributed by atoms with Gasteiger partial charge in [-0.15, -0.1) is 11.3 Å². The Kier molecular flexibility index (Phi) is 8.01. The number of allylic oxidation sites excluding steroid dienone is 1. The largest absolute Gasteiger partial charge is 0.390 e. The molecule has 5 atom stereocenters. The predicted molar refractivity (Wildman–Crippen MR) is 144 cm³/mol. The number of rotatable bonds is 7. The van der Waals surface area contributed by atoms with E-state index in [0.29, 0.717) is 4.88 Å². The Bertz CT molecular complexity index is 1460. The topological polar surface area (TPSA) is 143 Å². The molecule has 0 spiro atoms. The number of hydrogen-bond donors (Lipinski definition) is 4. The Morgan fingerprint density at radius 1 is 1.11 bits per heavy atom. The first-order chi connectivity index (χ1) is 17.5. The number of nitrogens with one attached hydrogen (secondary N) is 1. The molecule has 11 heteroatoms. The summed E-state index contributed by atoms with van der Waals surface area (Å²) in [5.41, 5.74) is 2.08. The fourth-order valence-electron chi connectivity index (χ4n) is 4.07. The molecule has 2 heterocycles. The number of nitriles is 1. The van der Waals surface area contributed by atoms with Gasteiger partial charge in [-0.25, -0.2) is 13.1 Å². The molecular weight excluding hydrogens is 514 g/mol. The minimum absolute atomic E-state index is 0.425. The average Bonchev–Trinajstić information content (AvgIpc) is 3.35. The van der Waals surface area contributed by atoms with Crippen molar-refractivity contribution in [1.29, 1.82) is 5.26 Å². The molecule has 4 N–H and O–H groups in total. The van der Waals surface area contributed by atoms with Crippen molar-refractivity contribution in [2.45, 2.75) is 31.5 Å². The van der Waals surface area contributed by atoms with Gasteiger partial charge in [0, 0.05) is 42.0 Å². The van der Waals surface area contributed by atoms with Gasteiger partial charge >= 0.3 is 0 Å². The maximum Gasteiger partial charge on any atom is 0.250 e. The highest BCUT2D eigenvalue weighted by Crippen LogP contribution is 2.33. The van der Waals surface area contributed by atoms with Gasteiger partial charge in [0.1, 0.15) is 18.3 Å². The summed E-state index contributed by atoms with van der Waals surface area (Å²) in [6.45, 7) is 1.08. The predicted octanol–water partition coefficient (Wildman–Crippen LogP) is 2.49. The van der Waals surface area contributed by atoms with Crippen LogP contribution in [0.4, 0.5) is 5.69 Å². The number of benzene rings is 2. The van der Waals surface area contributed by atoms with E-state index in [1.807, 2.05) is 43.3 Å². The molecule has 1 unspecified atom stereocenters. The van der Waals surface area contributed by atoms with Crippen molar-refractivity contribution in [3.05, 3.63) is 58.3 Å². The Balaban J connectivity index is 1.50. The second-order valence-corrected chi connectivity index (χ2v) is 12.1. The molecule has 1 aromatic heterocycles.